The van der Waals surface area contributed by atoms with Crippen LogP contribution in [0.1, 0.15) is 5.56 Å². The van der Waals surface area contributed by atoms with Gasteiger partial charge in [0.2, 0.25) is 10.7 Å². The Bertz CT molecular complexity index is 946. The number of nitrogens with zero attached hydrogens (tertiary/aromatic N) is 2. The lowest BCUT2D eigenvalue weighted by Crippen LogP contribution is -2.24. The van der Waals surface area contributed by atoms with Crippen molar-refractivity contribution in [3.8, 4) is 0 Å². The Balaban J connectivity index is 1.78. The Morgan fingerprint density at radius 2 is 2.04 bits per heavy atom. The molecule has 0 saturated heterocycles. The largest absolute Gasteiger partial charge is 0.318 e. The summed E-state index contributed by atoms with van der Waals surface area (Å²) in [5.74, 6) is -0.230. The molecule has 1 amide bonds. The maximum atomic E-state index is 12.0. The Morgan fingerprint density at radius 1 is 1.26 bits per heavy atom. The molecular formula is C16H13Cl2N3OS. The molecule has 0 saturated carbocycles. The van der Waals surface area contributed by atoms with Gasteiger partial charge in [0.15, 0.2) is 0 Å². The van der Waals surface area contributed by atoms with Crippen LogP contribution in [0.4, 0.5) is 0 Å². The van der Waals surface area contributed by atoms with Gasteiger partial charge in [0.05, 0.1) is 16.6 Å². The number of hydrogen-bond acceptors (Lipinski definition) is 3. The summed E-state index contributed by atoms with van der Waals surface area (Å²) < 4.78 is 3.05. The molecule has 4 nitrogen and oxygen atoms in total. The highest BCUT2D eigenvalue weighted by Gasteiger charge is 2.07. The summed E-state index contributed by atoms with van der Waals surface area (Å²) in [6, 6.07) is 13.1. The lowest BCUT2D eigenvalue weighted by Gasteiger charge is -2.03. The van der Waals surface area contributed by atoms with Gasteiger partial charge in [0.25, 0.3) is 0 Å². The maximum absolute atomic E-state index is 12.0. The molecule has 3 aromatic rings. The predicted molar refractivity (Wildman–Crippen MR) is 94.7 cm³/mol. The monoisotopic (exact) mass is 365 g/mol. The minimum Gasteiger partial charge on any atom is -0.318 e. The number of halogens is 2. The van der Waals surface area contributed by atoms with Crippen molar-refractivity contribution in [2.24, 2.45) is 12.1 Å². The normalized spacial score (nSPS) is 11.9. The molecule has 0 aliphatic rings. The van der Waals surface area contributed by atoms with Gasteiger partial charge in [-0.15, -0.1) is 5.10 Å². The number of para-hydroxylation sites is 1. The van der Waals surface area contributed by atoms with Crippen molar-refractivity contribution in [2.75, 3.05) is 0 Å². The molecule has 0 atom stereocenters. The van der Waals surface area contributed by atoms with Crippen molar-refractivity contribution in [3.05, 3.63) is 62.9 Å². The van der Waals surface area contributed by atoms with Crippen LogP contribution in [0.5, 0.6) is 0 Å². The van der Waals surface area contributed by atoms with E-state index in [4.69, 9.17) is 23.2 Å². The highest BCUT2D eigenvalue weighted by Crippen LogP contribution is 2.21. The molecule has 0 aliphatic heterocycles. The highest BCUT2D eigenvalue weighted by molar-refractivity contribution is 7.16. The lowest BCUT2D eigenvalue weighted by atomic mass is 10.1. The van der Waals surface area contributed by atoms with E-state index >= 15 is 0 Å². The van der Waals surface area contributed by atoms with E-state index in [0.29, 0.717) is 15.6 Å². The smallest absolute Gasteiger partial charge is 0.244 e. The molecule has 118 valence electrons. The molecule has 0 bridgehead atoms. The van der Waals surface area contributed by atoms with Crippen LogP contribution in [-0.4, -0.2) is 10.5 Å². The topological polar surface area (TPSA) is 46.4 Å². The number of benzene rings is 2. The van der Waals surface area contributed by atoms with Crippen molar-refractivity contribution in [2.45, 2.75) is 6.42 Å². The zero-order valence-corrected chi connectivity index (χ0v) is 14.5. The minimum atomic E-state index is -0.230. The Labute approximate surface area is 147 Å². The minimum absolute atomic E-state index is 0.147. The van der Waals surface area contributed by atoms with Gasteiger partial charge in [-0.2, -0.15) is 0 Å². The van der Waals surface area contributed by atoms with Gasteiger partial charge in [0.1, 0.15) is 0 Å². The SMILES string of the molecule is Cn1/c(=N\NC(=O)Cc2ccc(Cl)cc2Cl)sc2ccccc21. The Kier molecular flexibility index (Phi) is 4.71. The summed E-state index contributed by atoms with van der Waals surface area (Å²) in [6.45, 7) is 0. The summed E-state index contributed by atoms with van der Waals surface area (Å²) in [4.78, 5) is 12.8. The number of thiazole rings is 1. The van der Waals surface area contributed by atoms with E-state index in [9.17, 15) is 4.79 Å². The molecule has 0 radical (unpaired) electrons. The van der Waals surface area contributed by atoms with Gasteiger partial charge >= 0.3 is 0 Å². The fourth-order valence-electron chi connectivity index (χ4n) is 2.18. The molecule has 0 unspecified atom stereocenters. The lowest BCUT2D eigenvalue weighted by molar-refractivity contribution is -0.120. The van der Waals surface area contributed by atoms with Crippen molar-refractivity contribution in [3.63, 3.8) is 0 Å². The van der Waals surface area contributed by atoms with Crippen molar-refractivity contribution < 1.29 is 4.79 Å². The van der Waals surface area contributed by atoms with Crippen LogP contribution in [0.2, 0.25) is 10.0 Å². The molecule has 1 N–H and O–H groups in total. The van der Waals surface area contributed by atoms with Crippen molar-refractivity contribution >= 4 is 50.7 Å². The molecule has 0 fully saturated rings. The van der Waals surface area contributed by atoms with E-state index in [0.717, 1.165) is 15.0 Å². The number of nitrogens with one attached hydrogen (secondary N) is 1. The highest BCUT2D eigenvalue weighted by atomic mass is 35.5. The van der Waals surface area contributed by atoms with Gasteiger partial charge in [-0.3, -0.25) is 4.79 Å². The summed E-state index contributed by atoms with van der Waals surface area (Å²) in [7, 11) is 1.92. The Hall–Kier alpha value is -1.82. The number of carbonyl (C=O) groups excluding carboxylic acids is 1. The second kappa shape index (κ2) is 6.74. The zero-order valence-electron chi connectivity index (χ0n) is 12.2. The third kappa shape index (κ3) is 3.58. The van der Waals surface area contributed by atoms with Gasteiger partial charge in [-0.25, -0.2) is 5.43 Å². The molecular weight excluding hydrogens is 353 g/mol. The fraction of sp³-hybridized carbons (Fsp3) is 0.125. The Morgan fingerprint density at radius 3 is 2.78 bits per heavy atom. The third-order valence-electron chi connectivity index (χ3n) is 3.36. The van der Waals surface area contributed by atoms with Crippen LogP contribution in [0.25, 0.3) is 10.2 Å². The standard InChI is InChI=1S/C16H13Cl2N3OS/c1-21-13-4-2-3-5-14(13)23-16(21)20-19-15(22)8-10-6-7-11(17)9-12(10)18/h2-7,9H,8H2,1H3,(H,19,22)/b20-16+. The van der Waals surface area contributed by atoms with E-state index in [1.807, 2.05) is 35.9 Å². The van der Waals surface area contributed by atoms with Crippen LogP contribution in [0, 0.1) is 0 Å². The molecule has 3 rings (SSSR count). The van der Waals surface area contributed by atoms with Gasteiger partial charge < -0.3 is 4.57 Å². The molecule has 2 aromatic carbocycles. The van der Waals surface area contributed by atoms with Crippen LogP contribution in [0.15, 0.2) is 47.6 Å². The molecule has 0 spiro atoms. The van der Waals surface area contributed by atoms with Crippen LogP contribution < -0.4 is 10.2 Å². The van der Waals surface area contributed by atoms with E-state index in [-0.39, 0.29) is 12.3 Å². The molecule has 1 aromatic heterocycles. The number of fused-ring (bicyclic) bond motifs is 1. The first-order valence-corrected chi connectivity index (χ1v) is 8.43. The van der Waals surface area contributed by atoms with Gasteiger partial charge in [0, 0.05) is 17.1 Å². The quantitative estimate of drug-likeness (QED) is 0.706. The average Bonchev–Trinajstić information content (AvgIpc) is 2.85. The molecule has 1 heterocycles. The van der Waals surface area contributed by atoms with Crippen molar-refractivity contribution in [1.29, 1.82) is 0 Å². The maximum Gasteiger partial charge on any atom is 0.244 e. The summed E-state index contributed by atoms with van der Waals surface area (Å²) in [5, 5.41) is 5.21. The summed E-state index contributed by atoms with van der Waals surface area (Å²) in [5.41, 5.74) is 4.36. The predicted octanol–water partition coefficient (Wildman–Crippen LogP) is 3.72. The fourth-order valence-corrected chi connectivity index (χ4v) is 3.63. The molecule has 0 aliphatic carbocycles. The number of aryl methyl sites for hydroxylation is 1. The zero-order chi connectivity index (χ0) is 16.4. The average molecular weight is 366 g/mol. The first kappa shape index (κ1) is 16.1. The number of hydrogen-bond donors (Lipinski definition) is 1. The van der Waals surface area contributed by atoms with E-state index in [2.05, 4.69) is 10.5 Å². The number of carbonyl (C=O) groups is 1. The second-order valence-corrected chi connectivity index (χ2v) is 6.82. The van der Waals surface area contributed by atoms with Gasteiger partial charge in [-0.05, 0) is 29.8 Å². The first-order chi connectivity index (χ1) is 11.0. The van der Waals surface area contributed by atoms with Crippen LogP contribution in [0.3, 0.4) is 0 Å². The third-order valence-corrected chi connectivity index (χ3v) is 5.06. The summed E-state index contributed by atoms with van der Waals surface area (Å²) >= 11 is 13.4. The number of rotatable bonds is 3. The number of aromatic nitrogens is 1. The molecule has 7 heteroatoms. The van der Waals surface area contributed by atoms with E-state index in [1.165, 1.54) is 11.3 Å². The second-order valence-electron chi connectivity index (χ2n) is 4.97. The van der Waals surface area contributed by atoms with Crippen LogP contribution >= 0.6 is 34.5 Å². The van der Waals surface area contributed by atoms with E-state index < -0.39 is 0 Å². The van der Waals surface area contributed by atoms with Gasteiger partial charge in [-0.1, -0.05) is 52.7 Å². The number of amides is 1. The first-order valence-electron chi connectivity index (χ1n) is 6.85. The van der Waals surface area contributed by atoms with E-state index in [1.54, 1.807) is 18.2 Å². The van der Waals surface area contributed by atoms with Crippen LogP contribution in [-0.2, 0) is 18.3 Å². The van der Waals surface area contributed by atoms with Crippen molar-refractivity contribution in [1.82, 2.24) is 9.99 Å². The summed E-state index contributed by atoms with van der Waals surface area (Å²) in [6.07, 6.45) is 0.147. The molecule has 23 heavy (non-hydrogen) atoms.